The minimum absolute atomic E-state index is 0.0779. The molecule has 0 aliphatic carbocycles. The topological polar surface area (TPSA) is 73.8 Å². The number of hydrogen-bond donors (Lipinski definition) is 2. The van der Waals surface area contributed by atoms with E-state index in [0.29, 0.717) is 30.8 Å². The SMILES string of the molecule is CC(C)(C)NC1=NCCNC12CCN(S(=O)(=O)c1ccc(Br)cc1)CC2. The zero-order chi connectivity index (χ0) is 19.0. The number of rotatable bonds is 2. The number of nitrogens with zero attached hydrogens (tertiary/aromatic N) is 2. The molecule has 0 saturated carbocycles. The van der Waals surface area contributed by atoms with Crippen LogP contribution in [0.3, 0.4) is 0 Å². The lowest BCUT2D eigenvalue weighted by Crippen LogP contribution is -2.66. The molecule has 26 heavy (non-hydrogen) atoms. The highest BCUT2D eigenvalue weighted by atomic mass is 79.9. The lowest BCUT2D eigenvalue weighted by molar-refractivity contribution is 0.238. The van der Waals surface area contributed by atoms with Gasteiger partial charge in [0.05, 0.1) is 17.0 Å². The van der Waals surface area contributed by atoms with E-state index in [1.807, 2.05) is 0 Å². The Hall–Kier alpha value is -0.960. The minimum Gasteiger partial charge on any atom is -0.368 e. The molecule has 0 aromatic heterocycles. The van der Waals surface area contributed by atoms with Crippen LogP contribution in [-0.2, 0) is 10.0 Å². The van der Waals surface area contributed by atoms with Crippen LogP contribution in [0, 0.1) is 0 Å². The molecule has 0 bridgehead atoms. The predicted octanol–water partition coefficient (Wildman–Crippen LogP) is 2.36. The molecule has 144 valence electrons. The second-order valence-electron chi connectivity index (χ2n) is 7.97. The quantitative estimate of drug-likeness (QED) is 0.736. The summed E-state index contributed by atoms with van der Waals surface area (Å²) < 4.78 is 28.3. The fourth-order valence-electron chi connectivity index (χ4n) is 3.49. The van der Waals surface area contributed by atoms with Crippen LogP contribution in [0.4, 0.5) is 0 Å². The average Bonchev–Trinajstić information content (AvgIpc) is 2.57. The van der Waals surface area contributed by atoms with Crippen LogP contribution in [0.5, 0.6) is 0 Å². The third-order valence-corrected chi connectivity index (χ3v) is 7.26. The Morgan fingerprint density at radius 1 is 1.19 bits per heavy atom. The minimum atomic E-state index is -3.46. The molecule has 1 aromatic rings. The van der Waals surface area contributed by atoms with Gasteiger partial charge in [-0.3, -0.25) is 4.99 Å². The summed E-state index contributed by atoms with van der Waals surface area (Å²) in [5.74, 6) is 0.969. The number of hydrogen-bond acceptors (Lipinski definition) is 5. The van der Waals surface area contributed by atoms with Crippen molar-refractivity contribution in [3.05, 3.63) is 28.7 Å². The standard InChI is InChI=1S/C18H27BrN4O2S/c1-17(2,3)22-16-18(21-11-10-20-16)8-12-23(13-9-18)26(24,25)15-6-4-14(19)5-7-15/h4-7,21H,8-13H2,1-3H3,(H,20,22). The van der Waals surface area contributed by atoms with Gasteiger partial charge < -0.3 is 10.6 Å². The number of nitrogens with one attached hydrogen (secondary N) is 2. The summed E-state index contributed by atoms with van der Waals surface area (Å²) in [6.45, 7) is 8.89. The van der Waals surface area contributed by atoms with Gasteiger partial charge in [-0.25, -0.2) is 8.42 Å². The summed E-state index contributed by atoms with van der Waals surface area (Å²) in [6.07, 6.45) is 1.43. The molecule has 3 rings (SSSR count). The fraction of sp³-hybridized carbons (Fsp3) is 0.611. The highest BCUT2D eigenvalue weighted by Gasteiger charge is 2.43. The van der Waals surface area contributed by atoms with Crippen LogP contribution in [0.2, 0.25) is 0 Å². The van der Waals surface area contributed by atoms with Crippen molar-refractivity contribution in [3.63, 3.8) is 0 Å². The van der Waals surface area contributed by atoms with Crippen LogP contribution in [0.15, 0.2) is 38.6 Å². The smallest absolute Gasteiger partial charge is 0.243 e. The summed E-state index contributed by atoms with van der Waals surface area (Å²) >= 11 is 3.35. The van der Waals surface area contributed by atoms with Crippen LogP contribution in [0.25, 0.3) is 0 Å². The average molecular weight is 443 g/mol. The van der Waals surface area contributed by atoms with E-state index in [9.17, 15) is 8.42 Å². The molecule has 2 N–H and O–H groups in total. The van der Waals surface area contributed by atoms with E-state index >= 15 is 0 Å². The number of halogens is 1. The molecule has 0 atom stereocenters. The van der Waals surface area contributed by atoms with Gasteiger partial charge in [0.2, 0.25) is 10.0 Å². The normalized spacial score (nSPS) is 21.5. The summed E-state index contributed by atoms with van der Waals surface area (Å²) in [5, 5.41) is 7.13. The van der Waals surface area contributed by atoms with Gasteiger partial charge in [0.25, 0.3) is 0 Å². The van der Waals surface area contributed by atoms with Gasteiger partial charge in [-0.2, -0.15) is 4.31 Å². The molecule has 2 heterocycles. The lowest BCUT2D eigenvalue weighted by atomic mass is 9.85. The van der Waals surface area contributed by atoms with E-state index < -0.39 is 10.0 Å². The van der Waals surface area contributed by atoms with Gasteiger partial charge >= 0.3 is 0 Å². The molecule has 0 unspecified atom stereocenters. The molecule has 0 radical (unpaired) electrons. The number of sulfonamides is 1. The zero-order valence-electron chi connectivity index (χ0n) is 15.5. The first-order chi connectivity index (χ1) is 12.1. The predicted molar refractivity (Wildman–Crippen MR) is 108 cm³/mol. The fourth-order valence-corrected chi connectivity index (χ4v) is 5.20. The largest absolute Gasteiger partial charge is 0.368 e. The van der Waals surface area contributed by atoms with Crippen molar-refractivity contribution in [1.29, 1.82) is 0 Å². The van der Waals surface area contributed by atoms with Gasteiger partial charge in [0.1, 0.15) is 5.84 Å². The Morgan fingerprint density at radius 2 is 1.81 bits per heavy atom. The van der Waals surface area contributed by atoms with Crippen molar-refractivity contribution < 1.29 is 8.42 Å². The third kappa shape index (κ3) is 4.13. The Bertz CT molecular complexity index is 776. The highest BCUT2D eigenvalue weighted by Crippen LogP contribution is 2.29. The van der Waals surface area contributed by atoms with Crippen LogP contribution < -0.4 is 10.6 Å². The Kier molecular flexibility index (Phi) is 5.50. The van der Waals surface area contributed by atoms with Crippen molar-refractivity contribution in [3.8, 4) is 0 Å². The molecule has 2 aliphatic heterocycles. The molecule has 1 fully saturated rings. The van der Waals surface area contributed by atoms with Crippen LogP contribution >= 0.6 is 15.9 Å². The van der Waals surface area contributed by atoms with E-state index in [1.54, 1.807) is 28.6 Å². The van der Waals surface area contributed by atoms with Crippen molar-refractivity contribution in [2.75, 3.05) is 26.2 Å². The first-order valence-electron chi connectivity index (χ1n) is 8.96. The van der Waals surface area contributed by atoms with Gasteiger partial charge in [0, 0.05) is 29.6 Å². The molecule has 2 aliphatic rings. The number of amidine groups is 1. The molecular weight excluding hydrogens is 416 g/mol. The van der Waals surface area contributed by atoms with Gasteiger partial charge in [-0.15, -0.1) is 0 Å². The Morgan fingerprint density at radius 3 is 2.38 bits per heavy atom. The summed E-state index contributed by atoms with van der Waals surface area (Å²) in [6, 6.07) is 6.82. The monoisotopic (exact) mass is 442 g/mol. The van der Waals surface area contributed by atoms with E-state index in [2.05, 4.69) is 47.3 Å². The third-order valence-electron chi connectivity index (χ3n) is 4.82. The van der Waals surface area contributed by atoms with E-state index in [1.165, 1.54) is 0 Å². The molecular formula is C18H27BrN4O2S. The van der Waals surface area contributed by atoms with Gasteiger partial charge in [0.15, 0.2) is 0 Å². The van der Waals surface area contributed by atoms with Crippen LogP contribution in [0.1, 0.15) is 33.6 Å². The second kappa shape index (κ2) is 7.22. The number of benzene rings is 1. The summed E-state index contributed by atoms with van der Waals surface area (Å²) in [4.78, 5) is 5.06. The molecule has 6 nitrogen and oxygen atoms in total. The van der Waals surface area contributed by atoms with E-state index in [-0.39, 0.29) is 11.1 Å². The van der Waals surface area contributed by atoms with Crippen LogP contribution in [-0.4, -0.2) is 55.8 Å². The second-order valence-corrected chi connectivity index (χ2v) is 10.8. The lowest BCUT2D eigenvalue weighted by Gasteiger charge is -2.46. The zero-order valence-corrected chi connectivity index (χ0v) is 18.0. The number of piperidine rings is 1. The summed E-state index contributed by atoms with van der Waals surface area (Å²) in [7, 11) is -3.46. The highest BCUT2D eigenvalue weighted by molar-refractivity contribution is 9.10. The maximum absolute atomic E-state index is 12.9. The first-order valence-corrected chi connectivity index (χ1v) is 11.2. The maximum atomic E-state index is 12.9. The van der Waals surface area contributed by atoms with Gasteiger partial charge in [-0.1, -0.05) is 15.9 Å². The van der Waals surface area contributed by atoms with Crippen molar-refractivity contribution in [2.45, 2.75) is 49.6 Å². The molecule has 8 heteroatoms. The molecule has 1 aromatic carbocycles. The first kappa shape index (κ1) is 19.8. The van der Waals surface area contributed by atoms with Gasteiger partial charge in [-0.05, 0) is 57.9 Å². The Balaban J connectivity index is 1.76. The summed E-state index contributed by atoms with van der Waals surface area (Å²) in [5.41, 5.74) is -0.331. The maximum Gasteiger partial charge on any atom is 0.243 e. The molecule has 0 amide bonds. The molecule has 1 spiro atoms. The Labute approximate surface area is 164 Å². The molecule has 1 saturated heterocycles. The van der Waals surface area contributed by atoms with Crippen molar-refractivity contribution in [1.82, 2.24) is 14.9 Å². The van der Waals surface area contributed by atoms with Crippen molar-refractivity contribution in [2.24, 2.45) is 4.99 Å². The van der Waals surface area contributed by atoms with Crippen molar-refractivity contribution >= 4 is 31.8 Å². The van der Waals surface area contributed by atoms with E-state index in [0.717, 1.165) is 23.4 Å². The van der Waals surface area contributed by atoms with E-state index in [4.69, 9.17) is 4.99 Å². The number of aliphatic imine (C=N–C) groups is 1.